The summed E-state index contributed by atoms with van der Waals surface area (Å²) in [5.41, 5.74) is 2.57. The molecule has 0 aliphatic rings. The number of aryl methyl sites for hydroxylation is 1. The van der Waals surface area contributed by atoms with Crippen molar-refractivity contribution in [2.24, 2.45) is 0 Å². The average molecular weight is 357 g/mol. The molecule has 0 saturated heterocycles. The number of hydrogen-bond acceptors (Lipinski definition) is 7. The Morgan fingerprint density at radius 2 is 2.04 bits per heavy atom. The molecule has 0 bridgehead atoms. The Morgan fingerprint density at radius 1 is 1.24 bits per heavy atom. The second kappa shape index (κ2) is 7.67. The van der Waals surface area contributed by atoms with Crippen molar-refractivity contribution in [3.8, 4) is 11.4 Å². The fourth-order valence-electron chi connectivity index (χ4n) is 1.96. The molecule has 0 unspecified atom stereocenters. The van der Waals surface area contributed by atoms with Gasteiger partial charge in [0.2, 0.25) is 5.82 Å². The number of aromatic nitrogens is 4. The van der Waals surface area contributed by atoms with Crippen molar-refractivity contribution in [3.63, 3.8) is 0 Å². The fourth-order valence-corrected chi connectivity index (χ4v) is 2.59. The third-order valence-electron chi connectivity index (χ3n) is 3.20. The zero-order valence-corrected chi connectivity index (χ0v) is 14.2. The van der Waals surface area contributed by atoms with E-state index in [0.717, 1.165) is 15.9 Å². The van der Waals surface area contributed by atoms with E-state index < -0.39 is 11.9 Å². The number of thiophene rings is 1. The summed E-state index contributed by atoms with van der Waals surface area (Å²) in [6, 6.07) is 9.17. The number of rotatable bonds is 6. The molecule has 1 N–H and O–H groups in total. The summed E-state index contributed by atoms with van der Waals surface area (Å²) in [6.07, 6.45) is 0. The lowest BCUT2D eigenvalue weighted by Gasteiger charge is -2.06. The molecule has 2 heterocycles. The van der Waals surface area contributed by atoms with Gasteiger partial charge in [-0.3, -0.25) is 4.79 Å². The molecule has 128 valence electrons. The highest BCUT2D eigenvalue weighted by atomic mass is 32.1. The zero-order valence-electron chi connectivity index (χ0n) is 13.4. The standard InChI is InChI=1S/C16H15N5O3S/c1-11-2-4-13(5-3-11)17-14(22)9-24-15(23)8-21-19-16(18-20-21)12-6-7-25-10-12/h2-7,10H,8-9H2,1H3,(H,17,22). The minimum atomic E-state index is -0.617. The first-order chi connectivity index (χ1) is 12.1. The second-order valence-corrected chi connectivity index (χ2v) is 6.01. The van der Waals surface area contributed by atoms with E-state index >= 15 is 0 Å². The fraction of sp³-hybridized carbons (Fsp3) is 0.188. The number of esters is 1. The Hall–Kier alpha value is -3.07. The number of nitrogens with zero attached hydrogens (tertiary/aromatic N) is 4. The summed E-state index contributed by atoms with van der Waals surface area (Å²) in [4.78, 5) is 24.7. The molecular weight excluding hydrogens is 342 g/mol. The molecule has 8 nitrogen and oxygen atoms in total. The van der Waals surface area contributed by atoms with Gasteiger partial charge in [0.25, 0.3) is 5.91 Å². The maximum absolute atomic E-state index is 11.8. The summed E-state index contributed by atoms with van der Waals surface area (Å²) in [5, 5.41) is 18.2. The van der Waals surface area contributed by atoms with Gasteiger partial charge in [0, 0.05) is 16.6 Å². The number of amides is 1. The molecule has 1 aromatic carbocycles. The van der Waals surface area contributed by atoms with Crippen molar-refractivity contribution in [1.29, 1.82) is 0 Å². The Kier molecular flexibility index (Phi) is 5.14. The Labute approximate surface area is 147 Å². The van der Waals surface area contributed by atoms with Crippen molar-refractivity contribution < 1.29 is 14.3 Å². The summed E-state index contributed by atoms with van der Waals surface area (Å²) < 4.78 is 4.93. The van der Waals surface area contributed by atoms with Crippen molar-refractivity contribution in [3.05, 3.63) is 46.7 Å². The quantitative estimate of drug-likeness (QED) is 0.677. The van der Waals surface area contributed by atoms with Crippen LogP contribution in [0.1, 0.15) is 5.56 Å². The molecule has 0 aliphatic heterocycles. The molecular formula is C16H15N5O3S. The number of anilines is 1. The van der Waals surface area contributed by atoms with Gasteiger partial charge in [-0.2, -0.15) is 16.1 Å². The lowest BCUT2D eigenvalue weighted by atomic mass is 10.2. The lowest BCUT2D eigenvalue weighted by molar-refractivity contribution is -0.148. The molecule has 0 aliphatic carbocycles. The Bertz CT molecular complexity index is 858. The molecule has 1 amide bonds. The highest BCUT2D eigenvalue weighted by Gasteiger charge is 2.12. The first kappa shape index (κ1) is 16.8. The van der Waals surface area contributed by atoms with E-state index in [1.165, 1.54) is 11.3 Å². The van der Waals surface area contributed by atoms with Crippen LogP contribution >= 0.6 is 11.3 Å². The van der Waals surface area contributed by atoms with E-state index in [0.29, 0.717) is 11.5 Å². The Balaban J connectivity index is 1.46. The maximum atomic E-state index is 11.8. The minimum absolute atomic E-state index is 0.213. The number of nitrogens with one attached hydrogen (secondary N) is 1. The maximum Gasteiger partial charge on any atom is 0.330 e. The number of carbonyl (C=O) groups is 2. The van der Waals surface area contributed by atoms with Gasteiger partial charge in [0.05, 0.1) is 0 Å². The predicted octanol–water partition coefficient (Wildman–Crippen LogP) is 1.89. The van der Waals surface area contributed by atoms with Crippen LogP contribution in [0.5, 0.6) is 0 Å². The summed E-state index contributed by atoms with van der Waals surface area (Å²) in [7, 11) is 0. The van der Waals surface area contributed by atoms with Crippen molar-refractivity contribution >= 4 is 28.9 Å². The molecule has 0 saturated carbocycles. The van der Waals surface area contributed by atoms with Crippen LogP contribution in [0.25, 0.3) is 11.4 Å². The Morgan fingerprint density at radius 3 is 2.76 bits per heavy atom. The number of ether oxygens (including phenoxy) is 1. The highest BCUT2D eigenvalue weighted by Crippen LogP contribution is 2.16. The first-order valence-corrected chi connectivity index (χ1v) is 8.37. The van der Waals surface area contributed by atoms with E-state index in [-0.39, 0.29) is 13.2 Å². The van der Waals surface area contributed by atoms with Gasteiger partial charge in [0.15, 0.2) is 13.2 Å². The largest absolute Gasteiger partial charge is 0.454 e. The number of carbonyl (C=O) groups excluding carboxylic acids is 2. The van der Waals surface area contributed by atoms with E-state index in [2.05, 4.69) is 20.7 Å². The smallest absolute Gasteiger partial charge is 0.330 e. The van der Waals surface area contributed by atoms with E-state index in [1.807, 2.05) is 35.9 Å². The van der Waals surface area contributed by atoms with Crippen molar-refractivity contribution in [2.75, 3.05) is 11.9 Å². The van der Waals surface area contributed by atoms with Gasteiger partial charge < -0.3 is 10.1 Å². The predicted molar refractivity (Wildman–Crippen MR) is 91.9 cm³/mol. The molecule has 3 aromatic rings. The molecule has 0 radical (unpaired) electrons. The summed E-state index contributed by atoms with van der Waals surface area (Å²) >= 11 is 1.52. The molecule has 9 heteroatoms. The molecule has 3 rings (SSSR count). The highest BCUT2D eigenvalue weighted by molar-refractivity contribution is 7.08. The van der Waals surface area contributed by atoms with Crippen LogP contribution in [0.4, 0.5) is 5.69 Å². The monoisotopic (exact) mass is 357 g/mol. The summed E-state index contributed by atoms with van der Waals surface area (Å²) in [6.45, 7) is 1.36. The van der Waals surface area contributed by atoms with Crippen LogP contribution in [0.15, 0.2) is 41.1 Å². The topological polar surface area (TPSA) is 99.0 Å². The second-order valence-electron chi connectivity index (χ2n) is 5.23. The van der Waals surface area contributed by atoms with E-state index in [4.69, 9.17) is 4.74 Å². The zero-order chi connectivity index (χ0) is 17.6. The normalized spacial score (nSPS) is 10.4. The van der Waals surface area contributed by atoms with Crippen LogP contribution in [0, 0.1) is 6.92 Å². The van der Waals surface area contributed by atoms with Crippen molar-refractivity contribution in [2.45, 2.75) is 13.5 Å². The van der Waals surface area contributed by atoms with Crippen LogP contribution in [-0.4, -0.2) is 38.7 Å². The molecule has 0 atom stereocenters. The number of tetrazole rings is 1. The van der Waals surface area contributed by atoms with Crippen molar-refractivity contribution in [1.82, 2.24) is 20.2 Å². The third-order valence-corrected chi connectivity index (χ3v) is 3.89. The molecule has 25 heavy (non-hydrogen) atoms. The van der Waals surface area contributed by atoms with Crippen LogP contribution in [-0.2, 0) is 20.9 Å². The summed E-state index contributed by atoms with van der Waals surface area (Å²) in [5.74, 6) is -0.595. The van der Waals surface area contributed by atoms with Gasteiger partial charge in [-0.1, -0.05) is 17.7 Å². The molecule has 2 aromatic heterocycles. The molecule has 0 spiro atoms. The lowest BCUT2D eigenvalue weighted by Crippen LogP contribution is -2.23. The SMILES string of the molecule is Cc1ccc(NC(=O)COC(=O)Cn2nnc(-c3ccsc3)n2)cc1. The van der Waals surface area contributed by atoms with Crippen LogP contribution < -0.4 is 5.32 Å². The number of benzene rings is 1. The van der Waals surface area contributed by atoms with Gasteiger partial charge in [-0.15, -0.1) is 10.2 Å². The third kappa shape index (κ3) is 4.70. The molecule has 0 fully saturated rings. The van der Waals surface area contributed by atoms with Gasteiger partial charge in [-0.05, 0) is 35.7 Å². The van der Waals surface area contributed by atoms with Crippen LogP contribution in [0.3, 0.4) is 0 Å². The average Bonchev–Trinajstić information content (AvgIpc) is 3.26. The minimum Gasteiger partial charge on any atom is -0.454 e. The van der Waals surface area contributed by atoms with E-state index in [1.54, 1.807) is 12.1 Å². The van der Waals surface area contributed by atoms with Gasteiger partial charge in [0.1, 0.15) is 0 Å². The van der Waals surface area contributed by atoms with E-state index in [9.17, 15) is 9.59 Å². The number of hydrogen-bond donors (Lipinski definition) is 1. The van der Waals surface area contributed by atoms with Crippen LogP contribution in [0.2, 0.25) is 0 Å². The van der Waals surface area contributed by atoms with Gasteiger partial charge >= 0.3 is 5.97 Å². The first-order valence-electron chi connectivity index (χ1n) is 7.43. The van der Waals surface area contributed by atoms with Gasteiger partial charge in [-0.25, -0.2) is 4.79 Å².